The molecule has 2 aliphatic heterocycles. The van der Waals surface area contributed by atoms with Gasteiger partial charge in [-0.05, 0) is 49.4 Å². The zero-order valence-corrected chi connectivity index (χ0v) is 16.2. The lowest BCUT2D eigenvalue weighted by Gasteiger charge is -2.46. The fraction of sp³-hybridized carbons (Fsp3) is 0.478. The lowest BCUT2D eigenvalue weighted by atomic mass is 9.81. The molecule has 0 bridgehead atoms. The van der Waals surface area contributed by atoms with E-state index in [0.29, 0.717) is 13.0 Å². The second-order valence-corrected chi connectivity index (χ2v) is 8.20. The molecule has 2 N–H and O–H groups in total. The van der Waals surface area contributed by atoms with Crippen LogP contribution in [0.5, 0.6) is 5.75 Å². The second kappa shape index (κ2) is 7.27. The minimum absolute atomic E-state index is 0.282. The number of fused-ring (bicyclic) bond motifs is 1. The van der Waals surface area contributed by atoms with Gasteiger partial charge in [-0.3, -0.25) is 0 Å². The monoisotopic (exact) mass is 367 g/mol. The Morgan fingerprint density at radius 2 is 1.85 bits per heavy atom. The number of β-amino-alcohol motifs (C(OH)–C–C–N with tert-alkyl or cyclic N) is 1. The van der Waals surface area contributed by atoms with E-state index in [0.717, 1.165) is 42.8 Å². The van der Waals surface area contributed by atoms with Crippen LogP contribution in [0.25, 0.3) is 0 Å². The maximum Gasteiger partial charge on any atom is 0.125 e. The summed E-state index contributed by atoms with van der Waals surface area (Å²) < 4.78 is 6.35. The highest BCUT2D eigenvalue weighted by Crippen LogP contribution is 2.44. The van der Waals surface area contributed by atoms with Crippen LogP contribution in [0.15, 0.2) is 42.5 Å². The van der Waals surface area contributed by atoms with Gasteiger partial charge in [0.2, 0.25) is 0 Å². The van der Waals surface area contributed by atoms with Crippen LogP contribution in [-0.4, -0.2) is 40.3 Å². The zero-order valence-electron chi connectivity index (χ0n) is 16.2. The predicted octanol–water partition coefficient (Wildman–Crippen LogP) is 3.69. The molecule has 4 heteroatoms. The van der Waals surface area contributed by atoms with Gasteiger partial charge in [-0.25, -0.2) is 0 Å². The summed E-state index contributed by atoms with van der Waals surface area (Å²) in [5, 5.41) is 21.2. The summed E-state index contributed by atoms with van der Waals surface area (Å²) in [6, 6.07) is 14.0. The van der Waals surface area contributed by atoms with E-state index in [4.69, 9.17) is 4.74 Å². The molecule has 1 fully saturated rings. The van der Waals surface area contributed by atoms with Gasteiger partial charge in [0.25, 0.3) is 0 Å². The Balaban J connectivity index is 1.38. The highest BCUT2D eigenvalue weighted by molar-refractivity contribution is 5.38. The number of para-hydroxylation sites is 1. The van der Waals surface area contributed by atoms with Crippen molar-refractivity contribution in [2.75, 3.05) is 19.6 Å². The van der Waals surface area contributed by atoms with E-state index in [1.807, 2.05) is 30.3 Å². The first-order valence-corrected chi connectivity index (χ1v) is 9.89. The smallest absolute Gasteiger partial charge is 0.125 e. The van der Waals surface area contributed by atoms with Gasteiger partial charge in [0, 0.05) is 31.6 Å². The molecule has 1 spiro atoms. The first-order chi connectivity index (χ1) is 13.0. The Morgan fingerprint density at radius 3 is 2.59 bits per heavy atom. The number of aliphatic hydroxyl groups is 2. The Labute approximate surface area is 161 Å². The van der Waals surface area contributed by atoms with Crippen molar-refractivity contribution in [2.24, 2.45) is 0 Å². The summed E-state index contributed by atoms with van der Waals surface area (Å²) >= 11 is 0. The fourth-order valence-corrected chi connectivity index (χ4v) is 4.36. The van der Waals surface area contributed by atoms with Crippen LogP contribution in [0.1, 0.15) is 53.7 Å². The van der Waals surface area contributed by atoms with E-state index < -0.39 is 12.2 Å². The van der Waals surface area contributed by atoms with Crippen molar-refractivity contribution in [1.29, 1.82) is 0 Å². The molecule has 27 heavy (non-hydrogen) atoms. The molecule has 144 valence electrons. The molecule has 0 amide bonds. The van der Waals surface area contributed by atoms with Crippen LogP contribution < -0.4 is 4.74 Å². The van der Waals surface area contributed by atoms with E-state index in [1.54, 1.807) is 0 Å². The number of likely N-dealkylation sites (tertiary alicyclic amines) is 1. The molecule has 2 heterocycles. The number of nitrogens with zero attached hydrogens (tertiary/aromatic N) is 1. The Bertz CT molecular complexity index is 811. The van der Waals surface area contributed by atoms with Crippen LogP contribution in [0, 0.1) is 13.8 Å². The summed E-state index contributed by atoms with van der Waals surface area (Å²) in [6.45, 7) is 6.55. The van der Waals surface area contributed by atoms with Crippen LogP contribution in [0.4, 0.5) is 0 Å². The summed E-state index contributed by atoms with van der Waals surface area (Å²) in [5.74, 6) is 0.819. The van der Waals surface area contributed by atoms with Gasteiger partial charge in [-0.1, -0.05) is 36.4 Å². The molecule has 1 saturated heterocycles. The minimum atomic E-state index is -0.475. The maximum atomic E-state index is 10.6. The average molecular weight is 367 g/mol. The van der Waals surface area contributed by atoms with Crippen molar-refractivity contribution < 1.29 is 14.9 Å². The first-order valence-electron chi connectivity index (χ1n) is 9.89. The van der Waals surface area contributed by atoms with Crippen molar-refractivity contribution in [2.45, 2.75) is 50.9 Å². The van der Waals surface area contributed by atoms with E-state index in [2.05, 4.69) is 30.9 Å². The number of piperidine rings is 1. The van der Waals surface area contributed by atoms with Gasteiger partial charge < -0.3 is 19.8 Å². The number of aryl methyl sites for hydroxylation is 2. The highest BCUT2D eigenvalue weighted by Gasteiger charge is 2.42. The number of hydrogen-bond donors (Lipinski definition) is 2. The largest absolute Gasteiger partial charge is 0.487 e. The summed E-state index contributed by atoms with van der Waals surface area (Å²) in [5.41, 5.74) is 4.06. The molecule has 2 aliphatic rings. The second-order valence-electron chi connectivity index (χ2n) is 8.20. The van der Waals surface area contributed by atoms with Crippen molar-refractivity contribution >= 4 is 0 Å². The van der Waals surface area contributed by atoms with Crippen LogP contribution in [-0.2, 0) is 0 Å². The fourth-order valence-electron chi connectivity index (χ4n) is 4.36. The molecule has 0 aliphatic carbocycles. The minimum Gasteiger partial charge on any atom is -0.487 e. The molecule has 0 unspecified atom stereocenters. The third kappa shape index (κ3) is 3.75. The van der Waals surface area contributed by atoms with Gasteiger partial charge in [0.1, 0.15) is 11.4 Å². The summed E-state index contributed by atoms with van der Waals surface area (Å²) in [6.07, 6.45) is 1.47. The lowest BCUT2D eigenvalue weighted by molar-refractivity contribution is -0.0587. The zero-order chi connectivity index (χ0) is 19.0. The Hall–Kier alpha value is -1.88. The molecular weight excluding hydrogens is 338 g/mol. The number of ether oxygens (including phenoxy) is 1. The molecule has 0 saturated carbocycles. The van der Waals surface area contributed by atoms with Crippen molar-refractivity contribution in [3.05, 3.63) is 64.7 Å². The van der Waals surface area contributed by atoms with Gasteiger partial charge in [0.15, 0.2) is 0 Å². The molecule has 4 rings (SSSR count). The quantitative estimate of drug-likeness (QED) is 0.869. The van der Waals surface area contributed by atoms with Gasteiger partial charge >= 0.3 is 0 Å². The predicted molar refractivity (Wildman–Crippen MR) is 106 cm³/mol. The normalized spacial score (nSPS) is 22.9. The van der Waals surface area contributed by atoms with Crippen molar-refractivity contribution in [3.8, 4) is 5.75 Å². The third-order valence-corrected chi connectivity index (χ3v) is 6.28. The van der Waals surface area contributed by atoms with Gasteiger partial charge in [-0.15, -0.1) is 0 Å². The molecule has 0 radical (unpaired) electrons. The van der Waals surface area contributed by atoms with Gasteiger partial charge in [0.05, 0.1) is 12.2 Å². The maximum absolute atomic E-state index is 10.6. The molecule has 2 atom stereocenters. The summed E-state index contributed by atoms with van der Waals surface area (Å²) in [7, 11) is 0. The molecule has 2 aromatic carbocycles. The number of hydrogen-bond acceptors (Lipinski definition) is 4. The van der Waals surface area contributed by atoms with Crippen LogP contribution >= 0.6 is 0 Å². The van der Waals surface area contributed by atoms with E-state index in [9.17, 15) is 10.2 Å². The SMILES string of the molecule is Cc1ccc([C@@H](O)CN2CCC3(CC2)C[C@H](O)c2ccccc2O3)cc1C. The summed E-state index contributed by atoms with van der Waals surface area (Å²) in [4.78, 5) is 2.31. The third-order valence-electron chi connectivity index (χ3n) is 6.28. The van der Waals surface area contributed by atoms with Gasteiger partial charge in [-0.2, -0.15) is 0 Å². The highest BCUT2D eigenvalue weighted by atomic mass is 16.5. The Morgan fingerprint density at radius 1 is 1.11 bits per heavy atom. The van der Waals surface area contributed by atoms with E-state index in [-0.39, 0.29) is 5.60 Å². The van der Waals surface area contributed by atoms with E-state index >= 15 is 0 Å². The average Bonchev–Trinajstić information content (AvgIpc) is 2.66. The van der Waals surface area contributed by atoms with Crippen molar-refractivity contribution in [3.63, 3.8) is 0 Å². The van der Waals surface area contributed by atoms with Crippen molar-refractivity contribution in [1.82, 2.24) is 4.90 Å². The molecule has 2 aromatic rings. The lowest BCUT2D eigenvalue weighted by Crippen LogP contribution is -2.51. The van der Waals surface area contributed by atoms with Crippen LogP contribution in [0.3, 0.4) is 0 Å². The number of benzene rings is 2. The molecule has 0 aromatic heterocycles. The Kier molecular flexibility index (Phi) is 4.97. The number of rotatable bonds is 3. The van der Waals surface area contributed by atoms with Crippen LogP contribution in [0.2, 0.25) is 0 Å². The number of aliphatic hydroxyl groups excluding tert-OH is 2. The molecule has 4 nitrogen and oxygen atoms in total. The standard InChI is InChI=1S/C23H29NO3/c1-16-7-8-18(13-17(16)2)21(26)15-24-11-9-23(10-12-24)14-20(25)19-5-3-4-6-22(19)27-23/h3-8,13,20-21,25-26H,9-12,14-15H2,1-2H3/t20-,21-/m0/s1. The molecular formula is C23H29NO3. The first kappa shape index (κ1) is 18.5. The topological polar surface area (TPSA) is 52.9 Å². The van der Waals surface area contributed by atoms with E-state index in [1.165, 1.54) is 11.1 Å².